The second-order valence-electron chi connectivity index (χ2n) is 5.71. The van der Waals surface area contributed by atoms with Gasteiger partial charge in [0.15, 0.2) is 0 Å². The number of benzene rings is 1. The second-order valence-corrected chi connectivity index (χ2v) is 5.71. The van der Waals surface area contributed by atoms with Crippen LogP contribution in [0, 0.1) is 5.92 Å². The van der Waals surface area contributed by atoms with Crippen molar-refractivity contribution >= 4 is 10.9 Å². The summed E-state index contributed by atoms with van der Waals surface area (Å²) in [4.78, 5) is 0. The maximum Gasteiger partial charge on any atom is 0.0719 e. The van der Waals surface area contributed by atoms with E-state index in [4.69, 9.17) is 15.7 Å². The van der Waals surface area contributed by atoms with Crippen LogP contribution >= 0.6 is 0 Å². The molecule has 1 aromatic carbocycles. The van der Waals surface area contributed by atoms with Gasteiger partial charge in [0.1, 0.15) is 0 Å². The summed E-state index contributed by atoms with van der Waals surface area (Å²) in [5.74, 6) is 6.37. The summed E-state index contributed by atoms with van der Waals surface area (Å²) in [6, 6.07) is 8.69. The molecule has 1 aliphatic rings. The van der Waals surface area contributed by atoms with E-state index in [-0.39, 0.29) is 6.04 Å². The van der Waals surface area contributed by atoms with Crippen LogP contribution in [0.1, 0.15) is 25.5 Å². The summed E-state index contributed by atoms with van der Waals surface area (Å²) < 4.78 is 7.52. The quantitative estimate of drug-likeness (QED) is 0.651. The van der Waals surface area contributed by atoms with Crippen molar-refractivity contribution in [3.63, 3.8) is 0 Å². The number of nitrogens with two attached hydrogens (primary N) is 1. The molecule has 1 aromatic heterocycles. The van der Waals surface area contributed by atoms with Gasteiger partial charge in [0.25, 0.3) is 0 Å². The Morgan fingerprint density at radius 3 is 2.86 bits per heavy atom. The molecule has 2 heterocycles. The number of hydrogen-bond donors (Lipinski definition) is 2. The van der Waals surface area contributed by atoms with Gasteiger partial charge in [-0.3, -0.25) is 16.0 Å². The molecule has 0 aliphatic carbocycles. The highest BCUT2D eigenvalue weighted by molar-refractivity contribution is 5.82. The van der Waals surface area contributed by atoms with E-state index in [0.29, 0.717) is 5.92 Å². The van der Waals surface area contributed by atoms with Crippen LogP contribution in [0.4, 0.5) is 0 Å². The molecule has 0 spiro atoms. The number of para-hydroxylation sites is 1. The van der Waals surface area contributed by atoms with Crippen molar-refractivity contribution in [2.24, 2.45) is 11.8 Å². The van der Waals surface area contributed by atoms with E-state index in [1.807, 2.05) is 0 Å². The summed E-state index contributed by atoms with van der Waals surface area (Å²) in [6.07, 6.45) is 3.01. The van der Waals surface area contributed by atoms with Gasteiger partial charge in [-0.05, 0) is 31.7 Å². The SMILES string of the molecule is CCn1nc(CC(NN)C2CCOCC2)c2ccccc21. The summed E-state index contributed by atoms with van der Waals surface area (Å²) in [6.45, 7) is 4.69. The highest BCUT2D eigenvalue weighted by Gasteiger charge is 2.25. The molecule has 0 radical (unpaired) electrons. The molecule has 0 bridgehead atoms. The van der Waals surface area contributed by atoms with E-state index >= 15 is 0 Å². The Bertz CT molecular complexity index is 589. The molecular formula is C16H24N4O. The molecule has 5 heteroatoms. The van der Waals surface area contributed by atoms with E-state index < -0.39 is 0 Å². The predicted molar refractivity (Wildman–Crippen MR) is 83.8 cm³/mol. The molecule has 1 saturated heterocycles. The van der Waals surface area contributed by atoms with Gasteiger partial charge < -0.3 is 4.74 Å². The highest BCUT2D eigenvalue weighted by atomic mass is 16.5. The van der Waals surface area contributed by atoms with Gasteiger partial charge in [0, 0.05) is 37.6 Å². The largest absolute Gasteiger partial charge is 0.381 e. The first-order valence-corrected chi connectivity index (χ1v) is 7.81. The molecule has 0 saturated carbocycles. The number of aryl methyl sites for hydroxylation is 1. The van der Waals surface area contributed by atoms with Crippen LogP contribution in [-0.2, 0) is 17.7 Å². The lowest BCUT2D eigenvalue weighted by molar-refractivity contribution is 0.0537. The Labute approximate surface area is 125 Å². The Balaban J connectivity index is 1.85. The zero-order chi connectivity index (χ0) is 14.7. The van der Waals surface area contributed by atoms with Gasteiger partial charge in [-0.15, -0.1) is 0 Å². The highest BCUT2D eigenvalue weighted by Crippen LogP contribution is 2.24. The average Bonchev–Trinajstić information content (AvgIpc) is 2.91. The van der Waals surface area contributed by atoms with Crippen LogP contribution in [0.15, 0.2) is 24.3 Å². The Kier molecular flexibility index (Phi) is 4.53. The third-order valence-electron chi connectivity index (χ3n) is 4.50. The third-order valence-corrected chi connectivity index (χ3v) is 4.50. The molecule has 1 atom stereocenters. The normalized spacial score (nSPS) is 18.2. The van der Waals surface area contributed by atoms with Crippen LogP contribution in [-0.4, -0.2) is 29.0 Å². The monoisotopic (exact) mass is 288 g/mol. The average molecular weight is 288 g/mol. The number of aromatic nitrogens is 2. The van der Waals surface area contributed by atoms with Gasteiger partial charge in [-0.2, -0.15) is 5.10 Å². The topological polar surface area (TPSA) is 65.1 Å². The fourth-order valence-corrected chi connectivity index (χ4v) is 3.28. The maximum absolute atomic E-state index is 5.81. The molecule has 0 amide bonds. The molecule has 3 N–H and O–H groups in total. The fraction of sp³-hybridized carbons (Fsp3) is 0.562. The zero-order valence-corrected chi connectivity index (χ0v) is 12.6. The van der Waals surface area contributed by atoms with Crippen molar-refractivity contribution in [1.29, 1.82) is 0 Å². The smallest absolute Gasteiger partial charge is 0.0719 e. The molecule has 3 rings (SSSR count). The molecule has 5 nitrogen and oxygen atoms in total. The predicted octanol–water partition coefficient (Wildman–Crippen LogP) is 1.86. The van der Waals surface area contributed by atoms with Crippen molar-refractivity contribution in [3.8, 4) is 0 Å². The van der Waals surface area contributed by atoms with E-state index in [9.17, 15) is 0 Å². The molecule has 114 valence electrons. The lowest BCUT2D eigenvalue weighted by Crippen LogP contribution is -2.44. The molecular weight excluding hydrogens is 264 g/mol. The van der Waals surface area contributed by atoms with Crippen molar-refractivity contribution in [3.05, 3.63) is 30.0 Å². The van der Waals surface area contributed by atoms with E-state index in [0.717, 1.165) is 44.7 Å². The molecule has 2 aromatic rings. The van der Waals surface area contributed by atoms with E-state index in [2.05, 4.69) is 41.3 Å². The van der Waals surface area contributed by atoms with Gasteiger partial charge >= 0.3 is 0 Å². The lowest BCUT2D eigenvalue weighted by atomic mass is 9.89. The van der Waals surface area contributed by atoms with Crippen LogP contribution in [0.2, 0.25) is 0 Å². The van der Waals surface area contributed by atoms with Crippen LogP contribution in [0.25, 0.3) is 10.9 Å². The first-order chi connectivity index (χ1) is 10.3. The number of rotatable bonds is 5. The third kappa shape index (κ3) is 2.95. The molecule has 1 unspecified atom stereocenters. The Morgan fingerprint density at radius 1 is 1.38 bits per heavy atom. The maximum atomic E-state index is 5.81. The number of hydrazine groups is 1. The van der Waals surface area contributed by atoms with Gasteiger partial charge in [-0.1, -0.05) is 18.2 Å². The van der Waals surface area contributed by atoms with Crippen molar-refractivity contribution < 1.29 is 4.74 Å². The fourth-order valence-electron chi connectivity index (χ4n) is 3.28. The van der Waals surface area contributed by atoms with Crippen LogP contribution in [0.5, 0.6) is 0 Å². The first-order valence-electron chi connectivity index (χ1n) is 7.81. The van der Waals surface area contributed by atoms with Crippen LogP contribution < -0.4 is 11.3 Å². The van der Waals surface area contributed by atoms with Gasteiger partial charge in [0.05, 0.1) is 11.2 Å². The molecule has 1 aliphatic heterocycles. The first kappa shape index (κ1) is 14.5. The number of nitrogens with zero attached hydrogens (tertiary/aromatic N) is 2. The Morgan fingerprint density at radius 2 is 2.14 bits per heavy atom. The number of fused-ring (bicyclic) bond motifs is 1. The number of hydrogen-bond acceptors (Lipinski definition) is 4. The van der Waals surface area contributed by atoms with Crippen molar-refractivity contribution in [2.45, 2.75) is 38.8 Å². The Hall–Kier alpha value is -1.43. The molecule has 21 heavy (non-hydrogen) atoms. The minimum atomic E-state index is 0.262. The number of nitrogens with one attached hydrogen (secondary N) is 1. The van der Waals surface area contributed by atoms with Gasteiger partial charge in [-0.25, -0.2) is 0 Å². The van der Waals surface area contributed by atoms with E-state index in [1.165, 1.54) is 10.9 Å². The second kappa shape index (κ2) is 6.56. The molecule has 1 fully saturated rings. The zero-order valence-electron chi connectivity index (χ0n) is 12.6. The standard InChI is InChI=1S/C16H24N4O/c1-2-20-16-6-4-3-5-13(16)15(19-20)11-14(18-17)12-7-9-21-10-8-12/h3-6,12,14,18H,2,7-11,17H2,1H3. The van der Waals surface area contributed by atoms with Crippen LogP contribution in [0.3, 0.4) is 0 Å². The minimum absolute atomic E-state index is 0.262. The summed E-state index contributed by atoms with van der Waals surface area (Å²) in [5.41, 5.74) is 5.35. The minimum Gasteiger partial charge on any atom is -0.381 e. The van der Waals surface area contributed by atoms with Crippen molar-refractivity contribution in [2.75, 3.05) is 13.2 Å². The van der Waals surface area contributed by atoms with E-state index in [1.54, 1.807) is 0 Å². The number of ether oxygens (including phenoxy) is 1. The summed E-state index contributed by atoms with van der Waals surface area (Å²) in [7, 11) is 0. The summed E-state index contributed by atoms with van der Waals surface area (Å²) in [5, 5.41) is 6.02. The lowest BCUT2D eigenvalue weighted by Gasteiger charge is -2.29. The van der Waals surface area contributed by atoms with Crippen molar-refractivity contribution in [1.82, 2.24) is 15.2 Å². The van der Waals surface area contributed by atoms with Gasteiger partial charge in [0.2, 0.25) is 0 Å². The summed E-state index contributed by atoms with van der Waals surface area (Å²) >= 11 is 0.